The number of halogens is 1. The number of hydrogen-bond donors (Lipinski definition) is 1. The Morgan fingerprint density at radius 3 is 2.61 bits per heavy atom. The fraction of sp³-hybridized carbons (Fsp3) is 0.333. The van der Waals surface area contributed by atoms with Crippen molar-refractivity contribution >= 4 is 11.4 Å². The van der Waals surface area contributed by atoms with Crippen LogP contribution in [0.15, 0.2) is 73.0 Å². The molecule has 0 aromatic heterocycles. The topological polar surface area (TPSA) is 18.5 Å². The van der Waals surface area contributed by atoms with Crippen molar-refractivity contribution in [1.29, 1.82) is 0 Å². The van der Waals surface area contributed by atoms with E-state index in [1.165, 1.54) is 35.2 Å². The van der Waals surface area contributed by atoms with Crippen LogP contribution in [0.1, 0.15) is 29.5 Å². The lowest BCUT2D eigenvalue weighted by atomic mass is 10.0. The molecule has 3 heterocycles. The van der Waals surface area contributed by atoms with Gasteiger partial charge in [0.1, 0.15) is 5.82 Å². The number of rotatable bonds is 5. The molecule has 3 nitrogen and oxygen atoms in total. The minimum Gasteiger partial charge on any atom is -0.368 e. The zero-order chi connectivity index (χ0) is 21.0. The number of allylic oxidation sites excluding steroid dienone is 4. The highest BCUT2D eigenvalue weighted by molar-refractivity contribution is 5.73. The second-order valence-electron chi connectivity index (χ2n) is 8.70. The van der Waals surface area contributed by atoms with E-state index in [0.29, 0.717) is 6.04 Å². The van der Waals surface area contributed by atoms with Crippen LogP contribution in [0, 0.1) is 5.82 Å². The third-order valence-corrected chi connectivity index (χ3v) is 6.78. The number of anilines is 1. The van der Waals surface area contributed by atoms with Gasteiger partial charge in [0.2, 0.25) is 0 Å². The normalized spacial score (nSPS) is 19.1. The molecule has 5 rings (SSSR count). The van der Waals surface area contributed by atoms with Gasteiger partial charge in [-0.05, 0) is 72.7 Å². The van der Waals surface area contributed by atoms with Gasteiger partial charge in [-0.2, -0.15) is 0 Å². The fourth-order valence-corrected chi connectivity index (χ4v) is 4.98. The van der Waals surface area contributed by atoms with Gasteiger partial charge in [0, 0.05) is 49.8 Å². The summed E-state index contributed by atoms with van der Waals surface area (Å²) >= 11 is 0. The molecule has 1 N–H and O–H groups in total. The molecule has 2 aromatic rings. The molecule has 31 heavy (non-hydrogen) atoms. The zero-order valence-electron chi connectivity index (χ0n) is 17.9. The van der Waals surface area contributed by atoms with Crippen molar-refractivity contribution in [3.63, 3.8) is 0 Å². The molecule has 0 saturated carbocycles. The van der Waals surface area contributed by atoms with Crippen molar-refractivity contribution in [2.75, 3.05) is 31.1 Å². The van der Waals surface area contributed by atoms with Crippen molar-refractivity contribution in [3.05, 3.63) is 95.5 Å². The van der Waals surface area contributed by atoms with E-state index in [0.717, 1.165) is 44.7 Å². The Bertz CT molecular complexity index is 998. The summed E-state index contributed by atoms with van der Waals surface area (Å²) in [5.41, 5.74) is 6.51. The van der Waals surface area contributed by atoms with Crippen molar-refractivity contribution < 1.29 is 4.39 Å². The second kappa shape index (κ2) is 9.11. The largest absolute Gasteiger partial charge is 0.368 e. The van der Waals surface area contributed by atoms with Gasteiger partial charge in [-0.15, -0.1) is 0 Å². The van der Waals surface area contributed by atoms with Crippen LogP contribution in [-0.2, 0) is 12.8 Å². The lowest BCUT2D eigenvalue weighted by molar-refractivity contribution is 0.212. The number of benzene rings is 2. The average molecular weight is 416 g/mol. The Labute approximate surface area is 184 Å². The summed E-state index contributed by atoms with van der Waals surface area (Å²) in [5, 5.41) is 3.39. The maximum atomic E-state index is 13.1. The third-order valence-electron chi connectivity index (χ3n) is 6.78. The van der Waals surface area contributed by atoms with Crippen molar-refractivity contribution in [2.24, 2.45) is 0 Å². The molecule has 0 unspecified atom stereocenters. The number of piperidine rings is 1. The van der Waals surface area contributed by atoms with Crippen LogP contribution < -0.4 is 10.2 Å². The molecule has 1 saturated heterocycles. The van der Waals surface area contributed by atoms with Gasteiger partial charge in [-0.25, -0.2) is 4.39 Å². The lowest BCUT2D eigenvalue weighted by Crippen LogP contribution is -2.45. The molecule has 160 valence electrons. The minimum atomic E-state index is -0.155. The molecular weight excluding hydrogens is 385 g/mol. The lowest BCUT2D eigenvalue weighted by Gasteiger charge is -2.38. The highest BCUT2D eigenvalue weighted by atomic mass is 19.1. The van der Waals surface area contributed by atoms with Crippen LogP contribution in [0.3, 0.4) is 0 Å². The molecule has 3 aliphatic heterocycles. The van der Waals surface area contributed by atoms with Gasteiger partial charge in [0.15, 0.2) is 0 Å². The Kier molecular flexibility index (Phi) is 5.90. The van der Waals surface area contributed by atoms with Crippen LogP contribution in [0.2, 0.25) is 0 Å². The molecule has 0 radical (unpaired) electrons. The van der Waals surface area contributed by atoms with Crippen molar-refractivity contribution in [2.45, 2.75) is 31.7 Å². The quantitative estimate of drug-likeness (QED) is 0.749. The maximum Gasteiger partial charge on any atom is 0.123 e. The molecule has 0 amide bonds. The number of hydrogen-bond acceptors (Lipinski definition) is 3. The Morgan fingerprint density at radius 1 is 0.935 bits per heavy atom. The highest BCUT2D eigenvalue weighted by Crippen LogP contribution is 2.34. The number of nitrogens with zero attached hydrogens (tertiary/aromatic N) is 2. The number of fused-ring (bicyclic) bond motifs is 1. The summed E-state index contributed by atoms with van der Waals surface area (Å²) in [5.74, 6) is -0.155. The number of nitrogens with one attached hydrogen (secondary N) is 1. The van der Waals surface area contributed by atoms with Crippen LogP contribution >= 0.6 is 0 Å². The first-order valence-electron chi connectivity index (χ1n) is 11.4. The molecule has 0 aliphatic carbocycles. The van der Waals surface area contributed by atoms with Gasteiger partial charge in [-0.1, -0.05) is 36.4 Å². The van der Waals surface area contributed by atoms with E-state index in [9.17, 15) is 4.39 Å². The van der Waals surface area contributed by atoms with E-state index >= 15 is 0 Å². The summed E-state index contributed by atoms with van der Waals surface area (Å²) in [4.78, 5) is 5.21. The van der Waals surface area contributed by atoms with E-state index in [4.69, 9.17) is 0 Å². The molecule has 2 aromatic carbocycles. The third kappa shape index (κ3) is 4.59. The molecule has 0 atom stereocenters. The predicted octanol–water partition coefficient (Wildman–Crippen LogP) is 4.91. The molecule has 4 heteroatoms. The van der Waals surface area contributed by atoms with Crippen LogP contribution in [-0.4, -0.2) is 37.1 Å². The summed E-state index contributed by atoms with van der Waals surface area (Å²) < 4.78 is 13.1. The van der Waals surface area contributed by atoms with Gasteiger partial charge in [-0.3, -0.25) is 0 Å². The Morgan fingerprint density at radius 2 is 1.77 bits per heavy atom. The van der Waals surface area contributed by atoms with Gasteiger partial charge in [0.25, 0.3) is 0 Å². The summed E-state index contributed by atoms with van der Waals surface area (Å²) in [6.45, 7) is 4.46. The SMILES string of the molecule is Fc1ccc(CCN2CCC(N3CCc4ccc(C5=CC=CC=CN5)cc43)CC2)cc1. The average Bonchev–Trinajstić information content (AvgIpc) is 3.03. The fourth-order valence-electron chi connectivity index (χ4n) is 4.98. The molecule has 1 fully saturated rings. The summed E-state index contributed by atoms with van der Waals surface area (Å²) in [6, 6.07) is 14.5. The molecule has 0 bridgehead atoms. The molecule has 0 spiro atoms. The van der Waals surface area contributed by atoms with E-state index in [-0.39, 0.29) is 5.82 Å². The van der Waals surface area contributed by atoms with E-state index in [2.05, 4.69) is 45.5 Å². The van der Waals surface area contributed by atoms with Crippen LogP contribution in [0.5, 0.6) is 0 Å². The zero-order valence-corrected chi connectivity index (χ0v) is 17.9. The van der Waals surface area contributed by atoms with E-state index in [1.54, 1.807) is 12.1 Å². The Balaban J connectivity index is 1.20. The first-order valence-corrected chi connectivity index (χ1v) is 11.4. The number of likely N-dealkylation sites (tertiary alicyclic amines) is 1. The van der Waals surface area contributed by atoms with E-state index < -0.39 is 0 Å². The first-order chi connectivity index (χ1) is 15.3. The molecular formula is C27H30FN3. The maximum absolute atomic E-state index is 13.1. The van der Waals surface area contributed by atoms with E-state index in [1.807, 2.05) is 30.5 Å². The van der Waals surface area contributed by atoms with Gasteiger partial charge in [0.05, 0.1) is 0 Å². The summed E-state index contributed by atoms with van der Waals surface area (Å²) in [7, 11) is 0. The first kappa shape index (κ1) is 20.1. The monoisotopic (exact) mass is 415 g/mol. The van der Waals surface area contributed by atoms with Crippen molar-refractivity contribution in [3.8, 4) is 0 Å². The van der Waals surface area contributed by atoms with Gasteiger partial charge >= 0.3 is 0 Å². The standard InChI is InChI=1S/C27H30FN3/c28-24-9-5-21(6-10-24)11-16-30-17-13-25(14-18-30)31-19-12-22-7-8-23(20-27(22)31)26-4-2-1-3-15-29-26/h1-10,15,20,25,29H,11-14,16-19H2. The Hall–Kier alpha value is -2.85. The summed E-state index contributed by atoms with van der Waals surface area (Å²) in [6.07, 6.45) is 14.8. The van der Waals surface area contributed by atoms with Crippen molar-refractivity contribution in [1.82, 2.24) is 10.2 Å². The molecule has 3 aliphatic rings. The van der Waals surface area contributed by atoms with Crippen LogP contribution in [0.4, 0.5) is 10.1 Å². The smallest absolute Gasteiger partial charge is 0.123 e. The predicted molar refractivity (Wildman–Crippen MR) is 126 cm³/mol. The van der Waals surface area contributed by atoms with Crippen LogP contribution in [0.25, 0.3) is 5.70 Å². The second-order valence-corrected chi connectivity index (χ2v) is 8.70. The van der Waals surface area contributed by atoms with Gasteiger partial charge < -0.3 is 15.1 Å². The highest BCUT2D eigenvalue weighted by Gasteiger charge is 2.29. The minimum absolute atomic E-state index is 0.155.